The maximum absolute atomic E-state index is 13.1. The Morgan fingerprint density at radius 3 is 2.25 bits per heavy atom. The fourth-order valence-corrected chi connectivity index (χ4v) is 5.29. The van der Waals surface area contributed by atoms with Gasteiger partial charge < -0.3 is 9.84 Å². The van der Waals surface area contributed by atoms with Crippen LogP contribution in [0.3, 0.4) is 0 Å². The average Bonchev–Trinajstić information content (AvgIpc) is 2.66. The summed E-state index contributed by atoms with van der Waals surface area (Å²) in [4.78, 5) is 24.9. The van der Waals surface area contributed by atoms with Crippen LogP contribution >= 0.6 is 0 Å². The Kier molecular flexibility index (Phi) is 8.39. The van der Waals surface area contributed by atoms with Gasteiger partial charge in [-0.2, -0.15) is 0 Å². The van der Waals surface area contributed by atoms with E-state index in [0.29, 0.717) is 12.3 Å². The summed E-state index contributed by atoms with van der Waals surface area (Å²) in [6.07, 6.45) is 10.2. The van der Waals surface area contributed by atoms with E-state index in [1.54, 1.807) is 0 Å². The van der Waals surface area contributed by atoms with E-state index in [2.05, 4.69) is 27.7 Å². The summed E-state index contributed by atoms with van der Waals surface area (Å²) in [7, 11) is 0. The Hall–Kier alpha value is -1.06. The van der Waals surface area contributed by atoms with Gasteiger partial charge in [0.15, 0.2) is 0 Å². The van der Waals surface area contributed by atoms with E-state index < -0.39 is 17.8 Å². The molecular weight excluding hydrogens is 352 g/mol. The Morgan fingerprint density at radius 1 is 1.07 bits per heavy atom. The number of ether oxygens (including phenoxy) is 1. The van der Waals surface area contributed by atoms with Crippen molar-refractivity contribution >= 4 is 11.9 Å². The number of hydrogen-bond acceptors (Lipinski definition) is 3. The van der Waals surface area contributed by atoms with Gasteiger partial charge in [-0.15, -0.1) is 0 Å². The van der Waals surface area contributed by atoms with Crippen LogP contribution < -0.4 is 0 Å². The van der Waals surface area contributed by atoms with Crippen molar-refractivity contribution in [3.05, 3.63) is 0 Å². The van der Waals surface area contributed by atoms with Gasteiger partial charge in [0, 0.05) is 0 Å². The second-order valence-corrected chi connectivity index (χ2v) is 10.3. The Morgan fingerprint density at radius 2 is 1.71 bits per heavy atom. The number of aliphatic carboxylic acids is 1. The van der Waals surface area contributed by atoms with Crippen molar-refractivity contribution in [3.8, 4) is 0 Å². The topological polar surface area (TPSA) is 63.6 Å². The number of carbonyl (C=O) groups excluding carboxylic acids is 1. The number of carbonyl (C=O) groups is 2. The zero-order valence-electron chi connectivity index (χ0n) is 18.7. The molecule has 2 aliphatic carbocycles. The van der Waals surface area contributed by atoms with Crippen molar-refractivity contribution < 1.29 is 19.4 Å². The van der Waals surface area contributed by atoms with Crippen LogP contribution in [0.25, 0.3) is 0 Å². The highest BCUT2D eigenvalue weighted by Gasteiger charge is 2.43. The molecule has 2 saturated carbocycles. The van der Waals surface area contributed by atoms with E-state index in [1.807, 2.05) is 6.92 Å². The van der Waals surface area contributed by atoms with Gasteiger partial charge in [0.1, 0.15) is 6.10 Å². The van der Waals surface area contributed by atoms with Crippen LogP contribution in [0.2, 0.25) is 0 Å². The molecular formula is C24H42O4. The highest BCUT2D eigenvalue weighted by Crippen LogP contribution is 2.41. The number of rotatable bonds is 8. The summed E-state index contributed by atoms with van der Waals surface area (Å²) in [6, 6.07) is 0. The molecule has 2 rings (SSSR count). The molecule has 0 bridgehead atoms. The van der Waals surface area contributed by atoms with Crippen molar-refractivity contribution in [2.45, 2.75) is 105 Å². The minimum atomic E-state index is -0.844. The molecule has 1 N–H and O–H groups in total. The number of carboxylic acids is 1. The molecule has 0 heterocycles. The third-order valence-electron chi connectivity index (χ3n) is 7.78. The van der Waals surface area contributed by atoms with Crippen LogP contribution in [0.15, 0.2) is 0 Å². The Balaban J connectivity index is 2.12. The predicted octanol–water partition coefficient (Wildman–Crippen LogP) is 6.08. The highest BCUT2D eigenvalue weighted by molar-refractivity contribution is 5.81. The molecule has 2 aliphatic rings. The van der Waals surface area contributed by atoms with E-state index in [0.717, 1.165) is 44.4 Å². The molecule has 0 aromatic carbocycles. The van der Waals surface area contributed by atoms with Crippen molar-refractivity contribution in [1.82, 2.24) is 0 Å². The lowest BCUT2D eigenvalue weighted by Gasteiger charge is -2.39. The molecule has 0 aromatic rings. The summed E-state index contributed by atoms with van der Waals surface area (Å²) in [5.74, 6) is -0.924. The Bertz CT molecular complexity index is 519. The molecule has 4 heteroatoms. The van der Waals surface area contributed by atoms with Gasteiger partial charge >= 0.3 is 11.9 Å². The molecule has 162 valence electrons. The SMILES string of the molecule is CCC1CCC(C(CC(C)(C)CC)OC(=O)C2CCCC(C)C2C(=O)O)CC1. The third-order valence-corrected chi connectivity index (χ3v) is 7.78. The average molecular weight is 395 g/mol. The van der Waals surface area contributed by atoms with Gasteiger partial charge in [-0.1, -0.05) is 66.7 Å². The molecule has 0 aliphatic heterocycles. The molecule has 0 amide bonds. The number of esters is 1. The smallest absolute Gasteiger partial charge is 0.310 e. The number of hydrogen-bond donors (Lipinski definition) is 1. The number of carboxylic acid groups (broad SMARTS) is 1. The normalized spacial score (nSPS) is 32.5. The maximum atomic E-state index is 13.1. The van der Waals surface area contributed by atoms with Crippen LogP contribution in [0.1, 0.15) is 98.8 Å². The minimum absolute atomic E-state index is 0.0364. The largest absolute Gasteiger partial charge is 0.481 e. The molecule has 0 spiro atoms. The zero-order chi connectivity index (χ0) is 20.9. The van der Waals surface area contributed by atoms with Gasteiger partial charge in [-0.05, 0) is 55.3 Å². The highest BCUT2D eigenvalue weighted by atomic mass is 16.5. The monoisotopic (exact) mass is 394 g/mol. The summed E-state index contributed by atoms with van der Waals surface area (Å²) in [5, 5.41) is 9.68. The summed E-state index contributed by atoms with van der Waals surface area (Å²) < 4.78 is 6.16. The maximum Gasteiger partial charge on any atom is 0.310 e. The summed E-state index contributed by atoms with van der Waals surface area (Å²) in [5.41, 5.74) is 0.124. The first-order valence-electron chi connectivity index (χ1n) is 11.6. The van der Waals surface area contributed by atoms with Crippen molar-refractivity contribution in [2.24, 2.45) is 35.0 Å². The summed E-state index contributed by atoms with van der Waals surface area (Å²) >= 11 is 0. The first-order valence-corrected chi connectivity index (χ1v) is 11.6. The molecule has 4 nitrogen and oxygen atoms in total. The minimum Gasteiger partial charge on any atom is -0.481 e. The van der Waals surface area contributed by atoms with E-state index in [9.17, 15) is 14.7 Å². The van der Waals surface area contributed by atoms with E-state index >= 15 is 0 Å². The van der Waals surface area contributed by atoms with Crippen molar-refractivity contribution in [3.63, 3.8) is 0 Å². The molecule has 0 saturated heterocycles. The van der Waals surface area contributed by atoms with Crippen molar-refractivity contribution in [2.75, 3.05) is 0 Å². The lowest BCUT2D eigenvalue weighted by atomic mass is 9.72. The standard InChI is InChI=1S/C24H42O4/c1-6-17-11-13-18(14-12-17)20(15-24(4,5)7-2)28-23(27)19-10-8-9-16(3)21(19)22(25)26/h16-21H,6-15H2,1-5H3,(H,25,26). The molecule has 2 fully saturated rings. The van der Waals surface area contributed by atoms with Gasteiger partial charge in [0.2, 0.25) is 0 Å². The first-order chi connectivity index (χ1) is 13.2. The third kappa shape index (κ3) is 5.97. The van der Waals surface area contributed by atoms with E-state index in [4.69, 9.17) is 4.74 Å². The summed E-state index contributed by atoms with van der Waals surface area (Å²) in [6.45, 7) is 10.9. The second kappa shape index (κ2) is 10.1. The van der Waals surface area contributed by atoms with Crippen molar-refractivity contribution in [1.29, 1.82) is 0 Å². The van der Waals surface area contributed by atoms with Crippen LogP contribution in [0.5, 0.6) is 0 Å². The van der Waals surface area contributed by atoms with Gasteiger partial charge in [0.25, 0.3) is 0 Å². The fraction of sp³-hybridized carbons (Fsp3) is 0.917. The lowest BCUT2D eigenvalue weighted by molar-refractivity contribution is -0.170. The van der Waals surface area contributed by atoms with Crippen LogP contribution in [-0.2, 0) is 14.3 Å². The zero-order valence-corrected chi connectivity index (χ0v) is 18.7. The second-order valence-electron chi connectivity index (χ2n) is 10.3. The van der Waals surface area contributed by atoms with E-state index in [1.165, 1.54) is 19.3 Å². The van der Waals surface area contributed by atoms with Gasteiger partial charge in [-0.3, -0.25) is 9.59 Å². The Labute approximate surface area is 171 Å². The molecule has 4 atom stereocenters. The molecule has 0 aromatic heterocycles. The van der Waals surface area contributed by atoms with Crippen LogP contribution in [-0.4, -0.2) is 23.1 Å². The van der Waals surface area contributed by atoms with E-state index in [-0.39, 0.29) is 23.4 Å². The van der Waals surface area contributed by atoms with Gasteiger partial charge in [0.05, 0.1) is 11.8 Å². The lowest BCUT2D eigenvalue weighted by Crippen LogP contribution is -2.42. The predicted molar refractivity (Wildman–Crippen MR) is 112 cm³/mol. The first kappa shape index (κ1) is 23.2. The fourth-order valence-electron chi connectivity index (χ4n) is 5.29. The van der Waals surface area contributed by atoms with Crippen LogP contribution in [0.4, 0.5) is 0 Å². The molecule has 0 radical (unpaired) electrons. The quantitative estimate of drug-likeness (QED) is 0.507. The molecule has 28 heavy (non-hydrogen) atoms. The van der Waals surface area contributed by atoms with Crippen LogP contribution in [0, 0.1) is 35.0 Å². The molecule has 4 unspecified atom stereocenters. The van der Waals surface area contributed by atoms with Gasteiger partial charge in [-0.25, -0.2) is 0 Å².